The number of halogens is 1. The summed E-state index contributed by atoms with van der Waals surface area (Å²) in [5.41, 5.74) is 0.984. The van der Waals surface area contributed by atoms with E-state index in [0.29, 0.717) is 19.7 Å². The third kappa shape index (κ3) is 22.9. The van der Waals surface area contributed by atoms with Gasteiger partial charge in [-0.2, -0.15) is 0 Å². The van der Waals surface area contributed by atoms with Crippen LogP contribution in [0.2, 0.25) is 0 Å². The fourth-order valence-electron chi connectivity index (χ4n) is 4.83. The Labute approximate surface area is 273 Å². The van der Waals surface area contributed by atoms with Gasteiger partial charge in [0.2, 0.25) is 5.69 Å². The van der Waals surface area contributed by atoms with Crippen LogP contribution in [-0.2, 0) is 27.3 Å². The standard InChI is InChI=1S/C33H59N3O5.HI/c1-4-7-8-9-10-11-12-13-14-15-16-17-18-19-20-22-25-34-32(37)40-28-31(39-6-3)29-41-33(38)35-27-30-24-21-23-26-36(30)5-2;/h21,23-24,26,31H,4-20,22,25,27-29H2,1-3H3,(H-,34,35,37,38);1H. The van der Waals surface area contributed by atoms with E-state index in [1.54, 1.807) is 0 Å². The third-order valence-electron chi connectivity index (χ3n) is 7.29. The van der Waals surface area contributed by atoms with Crippen molar-refractivity contribution < 1.29 is 52.3 Å². The first-order valence-electron chi connectivity index (χ1n) is 16.5. The molecule has 0 aliphatic rings. The molecule has 0 spiro atoms. The molecule has 244 valence electrons. The number of carbonyl (C=O) groups excluding carboxylic acids is 2. The highest BCUT2D eigenvalue weighted by molar-refractivity contribution is 5.67. The van der Waals surface area contributed by atoms with Gasteiger partial charge in [0, 0.05) is 25.3 Å². The predicted octanol–water partition coefficient (Wildman–Crippen LogP) is 4.62. The molecule has 8 nitrogen and oxygen atoms in total. The second kappa shape index (κ2) is 29.5. The molecule has 0 aromatic carbocycles. The Kier molecular flexibility index (Phi) is 28.3. The summed E-state index contributed by atoms with van der Waals surface area (Å²) in [4.78, 5) is 24.2. The summed E-state index contributed by atoms with van der Waals surface area (Å²) in [5.74, 6) is 0. The van der Waals surface area contributed by atoms with Crippen LogP contribution in [0.5, 0.6) is 0 Å². The number of nitrogens with zero attached hydrogens (tertiary/aromatic N) is 1. The molecule has 9 heteroatoms. The van der Waals surface area contributed by atoms with Crippen molar-refractivity contribution in [3.8, 4) is 0 Å². The Morgan fingerprint density at radius 3 is 1.71 bits per heavy atom. The van der Waals surface area contributed by atoms with Crippen molar-refractivity contribution in [2.24, 2.45) is 0 Å². The first kappa shape index (κ1) is 40.4. The van der Waals surface area contributed by atoms with Gasteiger partial charge in [-0.25, -0.2) is 14.2 Å². The van der Waals surface area contributed by atoms with Crippen LogP contribution in [0.3, 0.4) is 0 Å². The smallest absolute Gasteiger partial charge is 0.407 e. The molecule has 42 heavy (non-hydrogen) atoms. The fourth-order valence-corrected chi connectivity index (χ4v) is 4.83. The van der Waals surface area contributed by atoms with Crippen LogP contribution in [0.15, 0.2) is 24.4 Å². The predicted molar refractivity (Wildman–Crippen MR) is 165 cm³/mol. The number of unbranched alkanes of at least 4 members (excludes halogenated alkanes) is 15. The minimum Gasteiger partial charge on any atom is -1.00 e. The molecule has 1 heterocycles. The number of hydrogen-bond donors (Lipinski definition) is 2. The van der Waals surface area contributed by atoms with Gasteiger partial charge in [-0.1, -0.05) is 109 Å². The zero-order valence-electron chi connectivity index (χ0n) is 26.8. The molecule has 0 aliphatic carbocycles. The lowest BCUT2D eigenvalue weighted by Crippen LogP contribution is -3.00. The maximum absolute atomic E-state index is 12.1. The zero-order chi connectivity index (χ0) is 29.8. The van der Waals surface area contributed by atoms with Crippen molar-refractivity contribution in [3.05, 3.63) is 30.1 Å². The summed E-state index contributed by atoms with van der Waals surface area (Å²) in [6, 6.07) is 5.84. The van der Waals surface area contributed by atoms with Crippen molar-refractivity contribution in [1.82, 2.24) is 10.6 Å². The van der Waals surface area contributed by atoms with Gasteiger partial charge in [0.25, 0.3) is 0 Å². The monoisotopic (exact) mass is 705 g/mol. The second-order valence-electron chi connectivity index (χ2n) is 10.8. The van der Waals surface area contributed by atoms with E-state index in [9.17, 15) is 9.59 Å². The lowest BCUT2D eigenvalue weighted by atomic mass is 10.0. The maximum atomic E-state index is 12.1. The van der Waals surface area contributed by atoms with E-state index >= 15 is 0 Å². The van der Waals surface area contributed by atoms with Gasteiger partial charge in [-0.15, -0.1) is 0 Å². The van der Waals surface area contributed by atoms with Crippen LogP contribution in [0.25, 0.3) is 0 Å². The van der Waals surface area contributed by atoms with Gasteiger partial charge in [-0.3, -0.25) is 0 Å². The fraction of sp³-hybridized carbons (Fsp3) is 0.788. The summed E-state index contributed by atoms with van der Waals surface area (Å²) >= 11 is 0. The average molecular weight is 706 g/mol. The van der Waals surface area contributed by atoms with E-state index in [1.165, 1.54) is 89.9 Å². The number of aromatic nitrogens is 1. The molecule has 2 amide bonds. The van der Waals surface area contributed by atoms with Crippen LogP contribution in [0.4, 0.5) is 9.59 Å². The van der Waals surface area contributed by atoms with Crippen LogP contribution < -0.4 is 39.2 Å². The highest BCUT2D eigenvalue weighted by atomic mass is 127. The zero-order valence-corrected chi connectivity index (χ0v) is 29.0. The lowest BCUT2D eigenvalue weighted by molar-refractivity contribution is -0.701. The first-order chi connectivity index (χ1) is 20.1. The molecule has 0 fully saturated rings. The topological polar surface area (TPSA) is 89.8 Å². The van der Waals surface area contributed by atoms with Crippen LogP contribution >= 0.6 is 0 Å². The molecule has 0 saturated carbocycles. The van der Waals surface area contributed by atoms with E-state index in [-0.39, 0.29) is 37.2 Å². The Morgan fingerprint density at radius 2 is 1.21 bits per heavy atom. The van der Waals surface area contributed by atoms with Crippen molar-refractivity contribution in [3.63, 3.8) is 0 Å². The third-order valence-corrected chi connectivity index (χ3v) is 7.29. The Balaban J connectivity index is 0.0000168. The summed E-state index contributed by atoms with van der Waals surface area (Å²) in [5, 5.41) is 5.56. The van der Waals surface area contributed by atoms with E-state index in [4.69, 9.17) is 14.2 Å². The normalized spacial score (nSPS) is 11.4. The lowest BCUT2D eigenvalue weighted by Gasteiger charge is -2.17. The number of aryl methyl sites for hydroxylation is 1. The molecule has 0 aliphatic heterocycles. The summed E-state index contributed by atoms with van der Waals surface area (Å²) in [6.07, 6.45) is 21.6. The van der Waals surface area contributed by atoms with Crippen molar-refractivity contribution in [2.45, 2.75) is 143 Å². The van der Waals surface area contributed by atoms with E-state index in [0.717, 1.165) is 25.1 Å². The number of alkyl carbamates (subject to hydrolysis) is 2. The molecule has 0 bridgehead atoms. The number of nitrogens with one attached hydrogen (secondary N) is 2. The Bertz CT molecular complexity index is 784. The maximum Gasteiger partial charge on any atom is 0.407 e. The van der Waals surface area contributed by atoms with Crippen LogP contribution in [-0.4, -0.2) is 44.7 Å². The number of rotatable bonds is 26. The molecule has 1 atom stereocenters. The molecule has 0 saturated heterocycles. The highest BCUT2D eigenvalue weighted by Crippen LogP contribution is 2.13. The molecule has 1 rings (SSSR count). The number of ether oxygens (including phenoxy) is 3. The number of carbonyl (C=O) groups is 2. The van der Waals surface area contributed by atoms with Crippen LogP contribution in [0.1, 0.15) is 129 Å². The number of amides is 2. The largest absolute Gasteiger partial charge is 1.00 e. The molecule has 0 radical (unpaired) electrons. The number of pyridine rings is 1. The first-order valence-corrected chi connectivity index (χ1v) is 16.5. The van der Waals surface area contributed by atoms with Crippen molar-refractivity contribution in [2.75, 3.05) is 26.4 Å². The van der Waals surface area contributed by atoms with Crippen molar-refractivity contribution >= 4 is 12.2 Å². The van der Waals surface area contributed by atoms with E-state index in [1.807, 2.05) is 38.2 Å². The van der Waals surface area contributed by atoms with E-state index < -0.39 is 18.3 Å². The van der Waals surface area contributed by atoms with Gasteiger partial charge in [0.1, 0.15) is 32.4 Å². The summed E-state index contributed by atoms with van der Waals surface area (Å²) in [7, 11) is 0. The molecular weight excluding hydrogens is 645 g/mol. The van der Waals surface area contributed by atoms with Gasteiger partial charge < -0.3 is 48.8 Å². The minimum atomic E-state index is -0.533. The molecule has 1 aromatic heterocycles. The molecule has 1 unspecified atom stereocenters. The number of hydrogen-bond acceptors (Lipinski definition) is 5. The minimum absolute atomic E-state index is 0. The summed E-state index contributed by atoms with van der Waals surface area (Å²) < 4.78 is 18.2. The van der Waals surface area contributed by atoms with Gasteiger partial charge in [-0.05, 0) is 20.3 Å². The Morgan fingerprint density at radius 1 is 0.714 bits per heavy atom. The molecule has 2 N–H and O–H groups in total. The van der Waals surface area contributed by atoms with Gasteiger partial charge in [0.05, 0.1) is 0 Å². The second-order valence-corrected chi connectivity index (χ2v) is 10.8. The van der Waals surface area contributed by atoms with E-state index in [2.05, 4.69) is 22.1 Å². The summed E-state index contributed by atoms with van der Waals surface area (Å²) in [6.45, 7) is 8.43. The van der Waals surface area contributed by atoms with Gasteiger partial charge >= 0.3 is 12.2 Å². The SMILES string of the molecule is CCCCCCCCCCCCCCCCCCNC(=O)OCC(COC(=O)NCc1cccc[n+]1CC)OCC.[I-]. The Hall–Kier alpha value is -1.62. The quantitative estimate of drug-likeness (QED) is 0.0836. The van der Waals surface area contributed by atoms with Gasteiger partial charge in [0.15, 0.2) is 6.20 Å². The molecule has 1 aromatic rings. The van der Waals surface area contributed by atoms with Crippen molar-refractivity contribution in [1.29, 1.82) is 0 Å². The molecular formula is C33H60IN3O5. The van der Waals surface area contributed by atoms with Crippen LogP contribution in [0, 0.1) is 0 Å². The highest BCUT2D eigenvalue weighted by Gasteiger charge is 2.16. The average Bonchev–Trinajstić information content (AvgIpc) is 2.99.